The van der Waals surface area contributed by atoms with Crippen LogP contribution in [0.3, 0.4) is 0 Å². The van der Waals surface area contributed by atoms with Crippen molar-refractivity contribution in [2.75, 3.05) is 6.61 Å². The zero-order valence-corrected chi connectivity index (χ0v) is 11.1. The number of rotatable bonds is 5. The molecule has 0 amide bonds. The van der Waals surface area contributed by atoms with Crippen molar-refractivity contribution in [3.63, 3.8) is 0 Å². The molecule has 0 spiro atoms. The van der Waals surface area contributed by atoms with E-state index in [-0.39, 0.29) is 23.0 Å². The van der Waals surface area contributed by atoms with Crippen LogP contribution in [-0.4, -0.2) is 18.7 Å². The second kappa shape index (κ2) is 6.30. The van der Waals surface area contributed by atoms with Gasteiger partial charge in [0, 0.05) is 11.1 Å². The van der Waals surface area contributed by atoms with Gasteiger partial charge in [-0.2, -0.15) is 0 Å². The van der Waals surface area contributed by atoms with Crippen LogP contribution in [0.25, 0.3) is 0 Å². The average molecular weight is 293 g/mol. The van der Waals surface area contributed by atoms with Crippen LogP contribution in [0, 0.1) is 5.82 Å². The first-order valence-electron chi connectivity index (χ1n) is 5.76. The molecule has 0 heterocycles. The monoisotopic (exact) mass is 292 g/mol. The molecule has 3 nitrogen and oxygen atoms in total. The standard InChI is InChI=1S/C15H10ClFO3/c16-13-6-10(8-18)4-5-15(13)20-9-14(19)11-2-1-3-12(17)7-11/h1-8H,9H2. The maximum atomic E-state index is 13.0. The van der Waals surface area contributed by atoms with Crippen LogP contribution in [0.2, 0.25) is 5.02 Å². The lowest BCUT2D eigenvalue weighted by atomic mass is 10.1. The number of aldehydes is 1. The number of halogens is 2. The van der Waals surface area contributed by atoms with Crippen molar-refractivity contribution in [2.24, 2.45) is 0 Å². The quantitative estimate of drug-likeness (QED) is 0.625. The smallest absolute Gasteiger partial charge is 0.200 e. The van der Waals surface area contributed by atoms with Crippen molar-refractivity contribution < 1.29 is 18.7 Å². The lowest BCUT2D eigenvalue weighted by Crippen LogP contribution is -2.12. The van der Waals surface area contributed by atoms with Crippen LogP contribution >= 0.6 is 11.6 Å². The van der Waals surface area contributed by atoms with Crippen molar-refractivity contribution in [1.82, 2.24) is 0 Å². The fourth-order valence-electron chi connectivity index (χ4n) is 1.60. The molecule has 0 saturated carbocycles. The molecule has 0 N–H and O–H groups in total. The summed E-state index contributed by atoms with van der Waals surface area (Å²) in [5.41, 5.74) is 0.643. The maximum Gasteiger partial charge on any atom is 0.200 e. The number of benzene rings is 2. The molecule has 0 aromatic heterocycles. The largest absolute Gasteiger partial charge is 0.484 e. The Kier molecular flexibility index (Phi) is 4.48. The van der Waals surface area contributed by atoms with E-state index in [2.05, 4.69) is 0 Å². The summed E-state index contributed by atoms with van der Waals surface area (Å²) in [5, 5.41) is 0.238. The van der Waals surface area contributed by atoms with Crippen molar-refractivity contribution in [2.45, 2.75) is 0 Å². The van der Waals surface area contributed by atoms with Gasteiger partial charge < -0.3 is 4.74 Å². The summed E-state index contributed by atoms with van der Waals surface area (Å²) in [6.45, 7) is -0.260. The Morgan fingerprint density at radius 3 is 2.70 bits per heavy atom. The fraction of sp³-hybridized carbons (Fsp3) is 0.0667. The summed E-state index contributed by atoms with van der Waals surface area (Å²) in [5.74, 6) is -0.550. The summed E-state index contributed by atoms with van der Waals surface area (Å²) >= 11 is 5.91. The molecule has 0 radical (unpaired) electrons. The van der Waals surface area contributed by atoms with Crippen LogP contribution in [0.1, 0.15) is 20.7 Å². The number of ketones is 1. The van der Waals surface area contributed by atoms with E-state index in [4.69, 9.17) is 16.3 Å². The maximum absolute atomic E-state index is 13.0. The van der Waals surface area contributed by atoms with E-state index in [1.54, 1.807) is 0 Å². The Labute approximate surface area is 119 Å². The number of carbonyl (C=O) groups excluding carboxylic acids is 2. The summed E-state index contributed by atoms with van der Waals surface area (Å²) < 4.78 is 18.3. The Morgan fingerprint density at radius 2 is 2.05 bits per heavy atom. The molecule has 0 saturated heterocycles. The number of carbonyl (C=O) groups is 2. The summed E-state index contributed by atoms with van der Waals surface area (Å²) in [6.07, 6.45) is 0.660. The molecule has 2 aromatic rings. The molecule has 0 aliphatic carbocycles. The van der Waals surface area contributed by atoms with E-state index in [9.17, 15) is 14.0 Å². The van der Waals surface area contributed by atoms with E-state index in [1.807, 2.05) is 0 Å². The van der Waals surface area contributed by atoms with Gasteiger partial charge in [0.1, 0.15) is 17.9 Å². The molecule has 0 bridgehead atoms. The normalized spacial score (nSPS) is 10.1. The van der Waals surface area contributed by atoms with Gasteiger partial charge in [-0.3, -0.25) is 9.59 Å². The first kappa shape index (κ1) is 14.2. The van der Waals surface area contributed by atoms with Crippen LogP contribution in [0.5, 0.6) is 5.75 Å². The van der Waals surface area contributed by atoms with Crippen molar-refractivity contribution in [3.05, 3.63) is 64.4 Å². The van der Waals surface area contributed by atoms with E-state index in [0.29, 0.717) is 17.6 Å². The van der Waals surface area contributed by atoms with Gasteiger partial charge in [-0.25, -0.2) is 4.39 Å². The predicted molar refractivity (Wildman–Crippen MR) is 73.1 cm³/mol. The van der Waals surface area contributed by atoms with Crippen molar-refractivity contribution in [3.8, 4) is 5.75 Å². The molecular formula is C15H10ClFO3. The lowest BCUT2D eigenvalue weighted by molar-refractivity contribution is 0.0920. The van der Waals surface area contributed by atoms with E-state index in [0.717, 1.165) is 6.07 Å². The molecule has 0 atom stereocenters. The molecule has 102 valence electrons. The first-order valence-corrected chi connectivity index (χ1v) is 6.14. The van der Waals surface area contributed by atoms with E-state index >= 15 is 0 Å². The van der Waals surface area contributed by atoms with Gasteiger partial charge in [-0.05, 0) is 30.3 Å². The van der Waals surface area contributed by atoms with E-state index < -0.39 is 5.82 Å². The Balaban J connectivity index is 2.05. The minimum atomic E-state index is -0.482. The van der Waals surface area contributed by atoms with Crippen molar-refractivity contribution >= 4 is 23.7 Å². The third-order valence-electron chi connectivity index (χ3n) is 2.60. The minimum absolute atomic E-state index is 0.227. The minimum Gasteiger partial charge on any atom is -0.484 e. The molecular weight excluding hydrogens is 283 g/mol. The molecule has 0 unspecified atom stereocenters. The van der Waals surface area contributed by atoms with E-state index in [1.165, 1.54) is 36.4 Å². The second-order valence-corrected chi connectivity index (χ2v) is 4.44. The molecule has 2 aromatic carbocycles. The number of hydrogen-bond donors (Lipinski definition) is 0. The topological polar surface area (TPSA) is 43.4 Å². The molecule has 20 heavy (non-hydrogen) atoms. The summed E-state index contributed by atoms with van der Waals surface area (Å²) in [4.78, 5) is 22.4. The SMILES string of the molecule is O=Cc1ccc(OCC(=O)c2cccc(F)c2)c(Cl)c1. The zero-order chi connectivity index (χ0) is 14.5. The Bertz CT molecular complexity index is 655. The Hall–Kier alpha value is -2.20. The zero-order valence-electron chi connectivity index (χ0n) is 10.3. The molecule has 5 heteroatoms. The van der Waals surface area contributed by atoms with Gasteiger partial charge in [0.25, 0.3) is 0 Å². The summed E-state index contributed by atoms with van der Waals surface area (Å²) in [7, 11) is 0. The number of Topliss-reactive ketones (excluding diaryl/α,β-unsaturated/α-hetero) is 1. The lowest BCUT2D eigenvalue weighted by Gasteiger charge is -2.07. The van der Waals surface area contributed by atoms with Gasteiger partial charge in [0.05, 0.1) is 5.02 Å². The number of hydrogen-bond acceptors (Lipinski definition) is 3. The second-order valence-electron chi connectivity index (χ2n) is 4.03. The highest BCUT2D eigenvalue weighted by atomic mass is 35.5. The first-order chi connectivity index (χ1) is 9.60. The molecule has 0 aliphatic rings. The van der Waals surface area contributed by atoms with Gasteiger partial charge in [-0.15, -0.1) is 0 Å². The summed E-state index contributed by atoms with van der Waals surface area (Å²) in [6, 6.07) is 9.83. The van der Waals surface area contributed by atoms with Crippen LogP contribution in [0.4, 0.5) is 4.39 Å². The average Bonchev–Trinajstić information content (AvgIpc) is 2.45. The van der Waals surface area contributed by atoms with Crippen molar-refractivity contribution in [1.29, 1.82) is 0 Å². The highest BCUT2D eigenvalue weighted by molar-refractivity contribution is 6.32. The van der Waals surface area contributed by atoms with Gasteiger partial charge in [0.2, 0.25) is 0 Å². The van der Waals surface area contributed by atoms with Crippen LogP contribution < -0.4 is 4.74 Å². The van der Waals surface area contributed by atoms with Gasteiger partial charge >= 0.3 is 0 Å². The Morgan fingerprint density at radius 1 is 1.25 bits per heavy atom. The highest BCUT2D eigenvalue weighted by Crippen LogP contribution is 2.25. The van der Waals surface area contributed by atoms with Gasteiger partial charge in [0.15, 0.2) is 12.4 Å². The fourth-order valence-corrected chi connectivity index (χ4v) is 1.84. The van der Waals surface area contributed by atoms with Crippen LogP contribution in [-0.2, 0) is 0 Å². The third kappa shape index (κ3) is 3.42. The highest BCUT2D eigenvalue weighted by Gasteiger charge is 2.09. The predicted octanol–water partition coefficient (Wildman–Crippen LogP) is 3.55. The third-order valence-corrected chi connectivity index (χ3v) is 2.89. The number of ether oxygens (including phenoxy) is 1. The molecule has 0 aliphatic heterocycles. The molecule has 0 fully saturated rings. The van der Waals surface area contributed by atoms with Gasteiger partial charge in [-0.1, -0.05) is 23.7 Å². The molecule has 2 rings (SSSR count). The van der Waals surface area contributed by atoms with Crippen LogP contribution in [0.15, 0.2) is 42.5 Å².